The highest BCUT2D eigenvalue weighted by Gasteiger charge is 2.24. The number of carbonyl (C=O) groups is 3. The summed E-state index contributed by atoms with van der Waals surface area (Å²) >= 11 is 1.47. The van der Waals surface area contributed by atoms with Crippen LogP contribution in [0.2, 0.25) is 0 Å². The van der Waals surface area contributed by atoms with Gasteiger partial charge in [-0.05, 0) is 24.5 Å². The molecule has 0 fully saturated rings. The van der Waals surface area contributed by atoms with Crippen molar-refractivity contribution in [2.45, 2.75) is 12.5 Å². The van der Waals surface area contributed by atoms with Gasteiger partial charge in [0, 0.05) is 31.4 Å². The van der Waals surface area contributed by atoms with Crippen molar-refractivity contribution in [1.29, 1.82) is 0 Å². The Bertz CT molecular complexity index is 699. The zero-order valence-electron chi connectivity index (χ0n) is 15.6. The molecule has 0 saturated carbocycles. The molecule has 1 aromatic rings. The number of nitrogens with zero attached hydrogens (tertiary/aromatic N) is 1. The van der Waals surface area contributed by atoms with E-state index < -0.39 is 35.4 Å². The number of nitro benzene ring substituents is 1. The van der Waals surface area contributed by atoms with Gasteiger partial charge >= 0.3 is 5.97 Å². The molecule has 28 heavy (non-hydrogen) atoms. The van der Waals surface area contributed by atoms with E-state index in [0.717, 1.165) is 6.07 Å². The van der Waals surface area contributed by atoms with Gasteiger partial charge in [-0.3, -0.25) is 19.7 Å². The number of nitro groups is 1. The zero-order chi connectivity index (χ0) is 20.9. The number of non-ortho nitro benzene ring substituents is 1. The molecule has 0 radical (unpaired) electrons. The summed E-state index contributed by atoms with van der Waals surface area (Å²) in [5.41, 5.74) is -0.183. The van der Waals surface area contributed by atoms with E-state index in [1.54, 1.807) is 0 Å². The lowest BCUT2D eigenvalue weighted by molar-refractivity contribution is -0.384. The molecule has 1 rings (SSSR count). The number of hydrogen-bond acceptors (Lipinski definition) is 8. The van der Waals surface area contributed by atoms with Crippen molar-refractivity contribution in [1.82, 2.24) is 10.6 Å². The fourth-order valence-electron chi connectivity index (χ4n) is 2.07. The largest absolute Gasteiger partial charge is 0.454 e. The van der Waals surface area contributed by atoms with Gasteiger partial charge in [0.25, 0.3) is 17.5 Å². The average molecular weight is 413 g/mol. The van der Waals surface area contributed by atoms with Crippen molar-refractivity contribution >= 4 is 35.2 Å². The SMILES string of the molecule is COCCNC(=O)COC(=O)C(CCSC)NC(=O)c1cccc([N+](=O)[O-])c1. The number of methoxy groups -OCH3 is 1. The van der Waals surface area contributed by atoms with Crippen LogP contribution in [0.3, 0.4) is 0 Å². The summed E-state index contributed by atoms with van der Waals surface area (Å²) in [4.78, 5) is 46.5. The van der Waals surface area contributed by atoms with Gasteiger partial charge in [-0.2, -0.15) is 11.8 Å². The number of rotatable bonds is 12. The van der Waals surface area contributed by atoms with Gasteiger partial charge in [0.1, 0.15) is 6.04 Å². The Hall–Kier alpha value is -2.66. The lowest BCUT2D eigenvalue weighted by Crippen LogP contribution is -2.43. The minimum atomic E-state index is -0.981. The Morgan fingerprint density at radius 1 is 1.32 bits per heavy atom. The molecular weight excluding hydrogens is 390 g/mol. The minimum Gasteiger partial charge on any atom is -0.454 e. The van der Waals surface area contributed by atoms with Crippen LogP contribution in [-0.4, -0.2) is 67.6 Å². The van der Waals surface area contributed by atoms with Crippen LogP contribution in [0.25, 0.3) is 0 Å². The van der Waals surface area contributed by atoms with Gasteiger partial charge in [-0.25, -0.2) is 4.79 Å². The summed E-state index contributed by atoms with van der Waals surface area (Å²) < 4.78 is 9.76. The maximum absolute atomic E-state index is 12.4. The van der Waals surface area contributed by atoms with Crippen molar-refractivity contribution in [3.63, 3.8) is 0 Å². The molecule has 2 amide bonds. The molecule has 0 aliphatic heterocycles. The molecule has 154 valence electrons. The van der Waals surface area contributed by atoms with Crippen molar-refractivity contribution in [3.8, 4) is 0 Å². The molecule has 0 aromatic heterocycles. The van der Waals surface area contributed by atoms with E-state index in [0.29, 0.717) is 12.4 Å². The summed E-state index contributed by atoms with van der Waals surface area (Å²) in [6.45, 7) is 0.132. The van der Waals surface area contributed by atoms with Crippen LogP contribution in [0, 0.1) is 10.1 Å². The van der Waals surface area contributed by atoms with Crippen molar-refractivity contribution < 1.29 is 28.8 Å². The summed E-state index contributed by atoms with van der Waals surface area (Å²) in [6.07, 6.45) is 2.12. The van der Waals surface area contributed by atoms with E-state index in [1.165, 1.54) is 37.1 Å². The second kappa shape index (κ2) is 12.7. The lowest BCUT2D eigenvalue weighted by atomic mass is 10.1. The first-order valence-corrected chi connectivity index (χ1v) is 9.75. The second-order valence-electron chi connectivity index (χ2n) is 5.57. The number of benzene rings is 1. The predicted molar refractivity (Wildman–Crippen MR) is 103 cm³/mol. The number of nitrogens with one attached hydrogen (secondary N) is 2. The van der Waals surface area contributed by atoms with E-state index in [-0.39, 0.29) is 24.2 Å². The normalized spacial score (nSPS) is 11.4. The number of carbonyl (C=O) groups excluding carboxylic acids is 3. The minimum absolute atomic E-state index is 0.0495. The summed E-state index contributed by atoms with van der Waals surface area (Å²) in [5, 5.41) is 15.9. The Balaban J connectivity index is 2.69. The first-order valence-electron chi connectivity index (χ1n) is 8.35. The number of ether oxygens (including phenoxy) is 2. The van der Waals surface area contributed by atoms with E-state index in [4.69, 9.17) is 9.47 Å². The van der Waals surface area contributed by atoms with Crippen LogP contribution in [0.5, 0.6) is 0 Å². The highest BCUT2D eigenvalue weighted by atomic mass is 32.2. The number of amides is 2. The van der Waals surface area contributed by atoms with E-state index >= 15 is 0 Å². The Morgan fingerprint density at radius 2 is 2.07 bits per heavy atom. The molecule has 0 bridgehead atoms. The first kappa shape index (κ1) is 23.4. The summed E-state index contributed by atoms with van der Waals surface area (Å²) in [5.74, 6) is -1.32. The van der Waals surface area contributed by atoms with Gasteiger partial charge in [0.15, 0.2) is 6.61 Å². The molecule has 10 nitrogen and oxygen atoms in total. The highest BCUT2D eigenvalue weighted by molar-refractivity contribution is 7.98. The van der Waals surface area contributed by atoms with Crippen LogP contribution < -0.4 is 10.6 Å². The fraction of sp³-hybridized carbons (Fsp3) is 0.471. The Kier molecular flexibility index (Phi) is 10.6. The second-order valence-corrected chi connectivity index (χ2v) is 6.55. The van der Waals surface area contributed by atoms with Crippen LogP contribution >= 0.6 is 11.8 Å². The molecule has 1 atom stereocenters. The van der Waals surface area contributed by atoms with Crippen molar-refractivity contribution in [2.75, 3.05) is 38.9 Å². The molecule has 0 aliphatic carbocycles. The van der Waals surface area contributed by atoms with Gasteiger partial charge in [0.2, 0.25) is 0 Å². The van der Waals surface area contributed by atoms with Crippen LogP contribution in [0.4, 0.5) is 5.69 Å². The molecule has 0 heterocycles. The van der Waals surface area contributed by atoms with E-state index in [9.17, 15) is 24.5 Å². The molecule has 0 saturated heterocycles. The number of thioether (sulfide) groups is 1. The molecule has 11 heteroatoms. The molecule has 0 aliphatic rings. The van der Waals surface area contributed by atoms with Crippen LogP contribution in [-0.2, 0) is 19.1 Å². The summed E-state index contributed by atoms with van der Waals surface area (Å²) in [6, 6.07) is 4.19. The Labute approximate surface area is 166 Å². The Morgan fingerprint density at radius 3 is 2.71 bits per heavy atom. The van der Waals surface area contributed by atoms with Gasteiger partial charge < -0.3 is 20.1 Å². The molecular formula is C17H23N3O7S. The van der Waals surface area contributed by atoms with Crippen LogP contribution in [0.1, 0.15) is 16.8 Å². The molecule has 2 N–H and O–H groups in total. The third kappa shape index (κ3) is 8.35. The fourth-order valence-corrected chi connectivity index (χ4v) is 2.54. The monoisotopic (exact) mass is 413 g/mol. The topological polar surface area (TPSA) is 137 Å². The first-order chi connectivity index (χ1) is 13.4. The lowest BCUT2D eigenvalue weighted by Gasteiger charge is -2.17. The van der Waals surface area contributed by atoms with Crippen LogP contribution in [0.15, 0.2) is 24.3 Å². The van der Waals surface area contributed by atoms with Crippen molar-refractivity contribution in [2.24, 2.45) is 0 Å². The third-order valence-electron chi connectivity index (χ3n) is 3.49. The van der Waals surface area contributed by atoms with E-state index in [2.05, 4.69) is 10.6 Å². The average Bonchev–Trinajstić information content (AvgIpc) is 2.69. The maximum Gasteiger partial charge on any atom is 0.329 e. The van der Waals surface area contributed by atoms with E-state index in [1.807, 2.05) is 6.26 Å². The number of hydrogen-bond donors (Lipinski definition) is 2. The van der Waals surface area contributed by atoms with Crippen molar-refractivity contribution in [3.05, 3.63) is 39.9 Å². The quantitative estimate of drug-likeness (QED) is 0.222. The molecule has 1 aromatic carbocycles. The maximum atomic E-state index is 12.4. The standard InChI is InChI=1S/C17H23N3O7S/c1-26-8-7-18-15(21)11-27-17(23)14(6-9-28-2)19-16(22)12-4-3-5-13(10-12)20(24)25/h3-5,10,14H,6-9,11H2,1-2H3,(H,18,21)(H,19,22). The third-order valence-corrected chi connectivity index (χ3v) is 4.14. The number of esters is 1. The highest BCUT2D eigenvalue weighted by Crippen LogP contribution is 2.13. The molecule has 1 unspecified atom stereocenters. The molecule has 0 spiro atoms. The smallest absolute Gasteiger partial charge is 0.329 e. The van der Waals surface area contributed by atoms with Gasteiger partial charge in [0.05, 0.1) is 11.5 Å². The van der Waals surface area contributed by atoms with Gasteiger partial charge in [-0.1, -0.05) is 6.07 Å². The predicted octanol–water partition coefficient (Wildman–Crippen LogP) is 0.752. The summed E-state index contributed by atoms with van der Waals surface area (Å²) in [7, 11) is 1.49. The zero-order valence-corrected chi connectivity index (χ0v) is 16.5. The van der Waals surface area contributed by atoms with Gasteiger partial charge in [-0.15, -0.1) is 0 Å².